The fraction of sp³-hybridized carbons (Fsp3) is 0.133. The number of nitriles is 1. The highest BCUT2D eigenvalue weighted by Gasteiger charge is 2.10. The highest BCUT2D eigenvalue weighted by molar-refractivity contribution is 7.19. The molecule has 0 amide bonds. The molecule has 0 fully saturated rings. The summed E-state index contributed by atoms with van der Waals surface area (Å²) >= 11 is 1.53. The lowest BCUT2D eigenvalue weighted by atomic mass is 10.2. The van der Waals surface area contributed by atoms with E-state index in [2.05, 4.69) is 16.2 Å². The average Bonchev–Trinajstić information content (AvgIpc) is 3.02. The van der Waals surface area contributed by atoms with Crippen molar-refractivity contribution in [3.05, 3.63) is 46.7 Å². The van der Waals surface area contributed by atoms with E-state index in [1.54, 1.807) is 10.9 Å². The monoisotopic (exact) mass is 280 g/mol. The van der Waals surface area contributed by atoms with Crippen LogP contribution in [0.3, 0.4) is 0 Å². The molecule has 98 valence electrons. The minimum absolute atomic E-state index is 0.572. The molecule has 0 atom stereocenters. The highest BCUT2D eigenvalue weighted by atomic mass is 32.1. The Morgan fingerprint density at radius 3 is 2.85 bits per heavy atom. The zero-order chi connectivity index (χ0) is 14.1. The second-order valence-electron chi connectivity index (χ2n) is 4.47. The van der Waals surface area contributed by atoms with Crippen LogP contribution in [0.4, 0.5) is 0 Å². The van der Waals surface area contributed by atoms with Crippen LogP contribution in [-0.4, -0.2) is 14.8 Å². The van der Waals surface area contributed by atoms with E-state index in [1.165, 1.54) is 11.3 Å². The van der Waals surface area contributed by atoms with Gasteiger partial charge in [-0.15, -0.1) is 11.3 Å². The predicted octanol–water partition coefficient (Wildman–Crippen LogP) is 3.40. The number of thiazole rings is 1. The van der Waals surface area contributed by atoms with Crippen molar-refractivity contribution < 1.29 is 0 Å². The lowest BCUT2D eigenvalue weighted by Gasteiger charge is -1.95. The fourth-order valence-corrected chi connectivity index (χ4v) is 2.87. The van der Waals surface area contributed by atoms with E-state index in [0.717, 1.165) is 26.5 Å². The Morgan fingerprint density at radius 1 is 1.40 bits per heavy atom. The molecule has 0 aliphatic carbocycles. The van der Waals surface area contributed by atoms with Gasteiger partial charge in [-0.3, -0.25) is 4.68 Å². The van der Waals surface area contributed by atoms with E-state index in [4.69, 9.17) is 0 Å². The van der Waals surface area contributed by atoms with E-state index in [1.807, 2.05) is 44.3 Å². The molecule has 2 aromatic heterocycles. The normalized spacial score (nSPS) is 11.8. The molecule has 0 N–H and O–H groups in total. The first-order valence-corrected chi connectivity index (χ1v) is 6.97. The topological polar surface area (TPSA) is 54.5 Å². The third kappa shape index (κ3) is 2.10. The van der Waals surface area contributed by atoms with E-state index in [0.29, 0.717) is 5.57 Å². The fourth-order valence-electron chi connectivity index (χ4n) is 1.94. The Labute approximate surface area is 120 Å². The maximum atomic E-state index is 9.38. The highest BCUT2D eigenvalue weighted by Crippen LogP contribution is 2.28. The molecule has 3 aromatic rings. The molecular weight excluding hydrogens is 268 g/mol. The van der Waals surface area contributed by atoms with Gasteiger partial charge in [-0.1, -0.05) is 12.1 Å². The van der Waals surface area contributed by atoms with Gasteiger partial charge in [0.2, 0.25) is 0 Å². The first-order valence-electron chi connectivity index (χ1n) is 6.15. The molecule has 0 radical (unpaired) electrons. The van der Waals surface area contributed by atoms with Crippen molar-refractivity contribution in [3.63, 3.8) is 0 Å². The van der Waals surface area contributed by atoms with Crippen molar-refractivity contribution in [3.8, 4) is 6.07 Å². The van der Waals surface area contributed by atoms with Crippen molar-refractivity contribution in [2.75, 3.05) is 0 Å². The smallest absolute Gasteiger partial charge is 0.135 e. The molecular formula is C15H12N4S. The van der Waals surface area contributed by atoms with Gasteiger partial charge >= 0.3 is 0 Å². The first kappa shape index (κ1) is 12.6. The Bertz CT molecular complexity index is 815. The van der Waals surface area contributed by atoms with Crippen molar-refractivity contribution in [1.29, 1.82) is 5.26 Å². The molecule has 3 rings (SSSR count). The van der Waals surface area contributed by atoms with Crippen LogP contribution in [0.25, 0.3) is 21.9 Å². The molecule has 0 aliphatic rings. The van der Waals surface area contributed by atoms with Gasteiger partial charge in [0, 0.05) is 18.3 Å². The molecule has 0 saturated carbocycles. The van der Waals surface area contributed by atoms with E-state index in [9.17, 15) is 5.26 Å². The number of benzene rings is 1. The van der Waals surface area contributed by atoms with Crippen LogP contribution in [0.1, 0.15) is 16.3 Å². The SMILES string of the molecule is Cc1c(/C=C(/C#N)c2nc3ccccc3s2)cnn1C. The van der Waals surface area contributed by atoms with Crippen LogP contribution >= 0.6 is 11.3 Å². The molecule has 5 heteroatoms. The number of allylic oxidation sites excluding steroid dienone is 1. The molecule has 0 saturated heterocycles. The summed E-state index contributed by atoms with van der Waals surface area (Å²) in [4.78, 5) is 4.52. The van der Waals surface area contributed by atoms with Crippen molar-refractivity contribution in [2.24, 2.45) is 7.05 Å². The van der Waals surface area contributed by atoms with Gasteiger partial charge in [0.05, 0.1) is 22.0 Å². The molecule has 0 spiro atoms. The van der Waals surface area contributed by atoms with Gasteiger partial charge in [-0.2, -0.15) is 10.4 Å². The number of hydrogen-bond donors (Lipinski definition) is 0. The number of para-hydroxylation sites is 1. The molecule has 20 heavy (non-hydrogen) atoms. The number of fused-ring (bicyclic) bond motifs is 1. The molecule has 2 heterocycles. The lowest BCUT2D eigenvalue weighted by Crippen LogP contribution is -1.92. The maximum absolute atomic E-state index is 9.38. The van der Waals surface area contributed by atoms with E-state index >= 15 is 0 Å². The van der Waals surface area contributed by atoms with E-state index < -0.39 is 0 Å². The van der Waals surface area contributed by atoms with Gasteiger partial charge in [0.15, 0.2) is 0 Å². The summed E-state index contributed by atoms with van der Waals surface area (Å²) in [5, 5.41) is 14.3. The quantitative estimate of drug-likeness (QED) is 0.676. The standard InChI is InChI=1S/C15H12N4S/c1-10-12(9-17-19(10)2)7-11(8-16)15-18-13-5-3-4-6-14(13)20-15/h3-7,9H,1-2H3/b11-7-. The summed E-state index contributed by atoms with van der Waals surface area (Å²) in [5.74, 6) is 0. The summed E-state index contributed by atoms with van der Waals surface area (Å²) in [5.41, 5.74) is 3.47. The van der Waals surface area contributed by atoms with E-state index in [-0.39, 0.29) is 0 Å². The summed E-state index contributed by atoms with van der Waals surface area (Å²) < 4.78 is 2.88. The van der Waals surface area contributed by atoms with Crippen LogP contribution < -0.4 is 0 Å². The Balaban J connectivity index is 2.10. The summed E-state index contributed by atoms with van der Waals surface area (Å²) in [6, 6.07) is 10.1. The van der Waals surface area contributed by atoms with Crippen molar-refractivity contribution >= 4 is 33.2 Å². The molecule has 0 unspecified atom stereocenters. The molecule has 1 aromatic carbocycles. The lowest BCUT2D eigenvalue weighted by molar-refractivity contribution is 0.740. The third-order valence-corrected chi connectivity index (χ3v) is 4.29. The summed E-state index contributed by atoms with van der Waals surface area (Å²) in [7, 11) is 1.89. The van der Waals surface area contributed by atoms with Crippen LogP contribution in [0.15, 0.2) is 30.5 Å². The van der Waals surface area contributed by atoms with Gasteiger partial charge in [0.25, 0.3) is 0 Å². The largest absolute Gasteiger partial charge is 0.272 e. The number of nitrogens with zero attached hydrogens (tertiary/aromatic N) is 4. The molecule has 4 nitrogen and oxygen atoms in total. The van der Waals surface area contributed by atoms with Crippen molar-refractivity contribution in [2.45, 2.75) is 6.92 Å². The number of rotatable bonds is 2. The number of aryl methyl sites for hydroxylation is 1. The predicted molar refractivity (Wildman–Crippen MR) is 81.0 cm³/mol. The van der Waals surface area contributed by atoms with Gasteiger partial charge in [0.1, 0.15) is 11.1 Å². The zero-order valence-corrected chi connectivity index (χ0v) is 12.0. The Hall–Kier alpha value is -2.45. The third-order valence-electron chi connectivity index (χ3n) is 3.22. The second kappa shape index (κ2) is 4.91. The summed E-state index contributed by atoms with van der Waals surface area (Å²) in [6.07, 6.45) is 3.61. The Morgan fingerprint density at radius 2 is 2.20 bits per heavy atom. The summed E-state index contributed by atoms with van der Waals surface area (Å²) in [6.45, 7) is 1.98. The van der Waals surface area contributed by atoms with Gasteiger partial charge < -0.3 is 0 Å². The number of hydrogen-bond acceptors (Lipinski definition) is 4. The minimum atomic E-state index is 0.572. The van der Waals surface area contributed by atoms with Crippen LogP contribution in [0, 0.1) is 18.3 Å². The molecule has 0 aliphatic heterocycles. The molecule has 0 bridgehead atoms. The van der Waals surface area contributed by atoms with Crippen LogP contribution in [-0.2, 0) is 7.05 Å². The number of aromatic nitrogens is 3. The van der Waals surface area contributed by atoms with Gasteiger partial charge in [-0.25, -0.2) is 4.98 Å². The average molecular weight is 280 g/mol. The minimum Gasteiger partial charge on any atom is -0.272 e. The van der Waals surface area contributed by atoms with Crippen LogP contribution in [0.5, 0.6) is 0 Å². The van der Waals surface area contributed by atoms with Crippen molar-refractivity contribution in [1.82, 2.24) is 14.8 Å². The van der Waals surface area contributed by atoms with Gasteiger partial charge in [-0.05, 0) is 25.1 Å². The zero-order valence-electron chi connectivity index (χ0n) is 11.2. The Kier molecular flexibility index (Phi) is 3.09. The second-order valence-corrected chi connectivity index (χ2v) is 5.50. The first-order chi connectivity index (χ1) is 9.69. The van der Waals surface area contributed by atoms with Crippen LogP contribution in [0.2, 0.25) is 0 Å². The maximum Gasteiger partial charge on any atom is 0.135 e.